The summed E-state index contributed by atoms with van der Waals surface area (Å²) in [6, 6.07) is 9.54. The molecule has 3 aromatic rings. The fourth-order valence-corrected chi connectivity index (χ4v) is 4.99. The number of carbonyl (C=O) groups excluding carboxylic acids is 1. The molecule has 0 aliphatic heterocycles. The average molecular weight is 465 g/mol. The number of aliphatic hydroxyl groups excluding tert-OH is 1. The van der Waals surface area contributed by atoms with Crippen LogP contribution in [0.3, 0.4) is 0 Å². The fraction of sp³-hybridized carbons (Fsp3) is 0.407. The van der Waals surface area contributed by atoms with Gasteiger partial charge < -0.3 is 20.4 Å². The van der Waals surface area contributed by atoms with Crippen LogP contribution in [0.4, 0.5) is 0 Å². The molecule has 1 atom stereocenters. The number of aryl methyl sites for hydroxylation is 3. The normalized spacial score (nSPS) is 14.4. The van der Waals surface area contributed by atoms with Crippen LogP contribution in [-0.2, 0) is 30.5 Å². The lowest BCUT2D eigenvalue weighted by Gasteiger charge is -2.19. The van der Waals surface area contributed by atoms with Crippen LogP contribution in [0.5, 0.6) is 5.75 Å². The Bertz CT molecular complexity index is 1280. The van der Waals surface area contributed by atoms with Gasteiger partial charge in [0.25, 0.3) is 5.56 Å². The Hall–Kier alpha value is -3.16. The topological polar surface area (TPSA) is 101 Å². The van der Waals surface area contributed by atoms with Crippen molar-refractivity contribution in [2.45, 2.75) is 65.5 Å². The van der Waals surface area contributed by atoms with E-state index in [1.807, 2.05) is 0 Å². The number of benzene rings is 2. The molecule has 4 rings (SSSR count). The van der Waals surface area contributed by atoms with Crippen LogP contribution in [0, 0.1) is 6.92 Å². The third-order valence-corrected chi connectivity index (χ3v) is 6.71. The van der Waals surface area contributed by atoms with Gasteiger partial charge in [-0.05, 0) is 72.6 Å². The van der Waals surface area contributed by atoms with Gasteiger partial charge in [0.15, 0.2) is 0 Å². The van der Waals surface area contributed by atoms with Crippen molar-refractivity contribution in [2.75, 3.05) is 6.54 Å². The Kier molecular flexibility index (Phi) is 6.77. The summed E-state index contributed by atoms with van der Waals surface area (Å²) in [6.07, 6.45) is 3.01. The monoisotopic (exact) mass is 464 g/mol. The molecule has 7 heteroatoms. The lowest BCUT2D eigenvalue weighted by molar-refractivity contribution is -0.141. The SMILES string of the molecule is CCc1cc2c(cc1CC)CC(NCC(O)c1ccc(O)c3c1cc(C)c(=O)n3OC(C)=O)C2. The van der Waals surface area contributed by atoms with E-state index in [9.17, 15) is 19.8 Å². The van der Waals surface area contributed by atoms with E-state index in [-0.39, 0.29) is 17.3 Å². The van der Waals surface area contributed by atoms with Crippen molar-refractivity contribution >= 4 is 16.9 Å². The molecule has 0 spiro atoms. The van der Waals surface area contributed by atoms with E-state index in [1.54, 1.807) is 19.1 Å². The van der Waals surface area contributed by atoms with E-state index in [4.69, 9.17) is 4.84 Å². The number of hydrogen-bond donors (Lipinski definition) is 3. The van der Waals surface area contributed by atoms with Crippen molar-refractivity contribution in [1.29, 1.82) is 0 Å². The number of fused-ring (bicyclic) bond motifs is 2. The molecule has 1 aliphatic rings. The number of aliphatic hydroxyl groups is 1. The Morgan fingerprint density at radius 2 is 1.76 bits per heavy atom. The maximum Gasteiger partial charge on any atom is 0.330 e. The molecule has 0 saturated carbocycles. The van der Waals surface area contributed by atoms with E-state index in [1.165, 1.54) is 35.2 Å². The Morgan fingerprint density at radius 1 is 1.15 bits per heavy atom. The number of aromatic hydroxyl groups is 1. The lowest BCUT2D eigenvalue weighted by Crippen LogP contribution is -2.34. The molecule has 180 valence electrons. The standard InChI is InChI=1S/C27H32N2O5/c1-5-17-10-19-12-21(13-20(19)11-18(17)6-2)28-14-25(32)22-7-8-24(31)26-23(22)9-15(3)27(33)29(26)34-16(4)30/h7-11,21,25,28,31-32H,5-6,12-14H2,1-4H3. The van der Waals surface area contributed by atoms with Gasteiger partial charge in [0.05, 0.1) is 6.10 Å². The van der Waals surface area contributed by atoms with Gasteiger partial charge >= 0.3 is 5.97 Å². The van der Waals surface area contributed by atoms with Crippen molar-refractivity contribution in [3.05, 3.63) is 74.1 Å². The summed E-state index contributed by atoms with van der Waals surface area (Å²) in [5.41, 5.74) is 5.97. The van der Waals surface area contributed by atoms with Gasteiger partial charge in [-0.1, -0.05) is 32.0 Å². The highest BCUT2D eigenvalue weighted by molar-refractivity contribution is 5.89. The number of aromatic nitrogens is 1. The first-order valence-corrected chi connectivity index (χ1v) is 11.9. The van der Waals surface area contributed by atoms with Crippen LogP contribution in [-0.4, -0.2) is 33.5 Å². The molecule has 1 unspecified atom stereocenters. The molecule has 34 heavy (non-hydrogen) atoms. The summed E-state index contributed by atoms with van der Waals surface area (Å²) in [4.78, 5) is 29.2. The first-order valence-electron chi connectivity index (χ1n) is 11.9. The van der Waals surface area contributed by atoms with Crippen molar-refractivity contribution in [1.82, 2.24) is 10.0 Å². The number of phenols is 1. The second kappa shape index (κ2) is 9.60. The maximum absolute atomic E-state index is 12.6. The predicted octanol–water partition coefficient (Wildman–Crippen LogP) is 2.91. The third-order valence-electron chi connectivity index (χ3n) is 6.71. The van der Waals surface area contributed by atoms with Crippen LogP contribution in [0.2, 0.25) is 0 Å². The summed E-state index contributed by atoms with van der Waals surface area (Å²) in [6.45, 7) is 7.47. The summed E-state index contributed by atoms with van der Waals surface area (Å²) >= 11 is 0. The van der Waals surface area contributed by atoms with Crippen LogP contribution < -0.4 is 15.7 Å². The maximum atomic E-state index is 12.6. The van der Waals surface area contributed by atoms with Crippen LogP contribution in [0.15, 0.2) is 35.1 Å². The molecule has 7 nitrogen and oxygen atoms in total. The minimum atomic E-state index is -0.883. The third kappa shape index (κ3) is 4.45. The van der Waals surface area contributed by atoms with E-state index < -0.39 is 17.6 Å². The molecule has 3 N–H and O–H groups in total. The first-order chi connectivity index (χ1) is 16.2. The molecular formula is C27H32N2O5. The van der Waals surface area contributed by atoms with Crippen LogP contribution in [0.1, 0.15) is 60.3 Å². The summed E-state index contributed by atoms with van der Waals surface area (Å²) in [5.74, 6) is -0.888. The predicted molar refractivity (Wildman–Crippen MR) is 131 cm³/mol. The highest BCUT2D eigenvalue weighted by atomic mass is 16.7. The largest absolute Gasteiger partial charge is 0.506 e. The Balaban J connectivity index is 1.57. The first kappa shape index (κ1) is 24.0. The van der Waals surface area contributed by atoms with Crippen molar-refractivity contribution < 1.29 is 19.8 Å². The smallest absolute Gasteiger partial charge is 0.330 e. The summed E-state index contributed by atoms with van der Waals surface area (Å²) in [5, 5.41) is 25.4. The molecule has 0 radical (unpaired) electrons. The van der Waals surface area contributed by atoms with Gasteiger partial charge in [-0.2, -0.15) is 0 Å². The minimum Gasteiger partial charge on any atom is -0.506 e. The Morgan fingerprint density at radius 3 is 2.32 bits per heavy atom. The number of hydrogen-bond acceptors (Lipinski definition) is 6. The van der Waals surface area contributed by atoms with Gasteiger partial charge in [-0.15, -0.1) is 4.73 Å². The van der Waals surface area contributed by atoms with Crippen molar-refractivity contribution in [3.63, 3.8) is 0 Å². The zero-order valence-electron chi connectivity index (χ0n) is 20.1. The average Bonchev–Trinajstić information content (AvgIpc) is 3.21. The number of nitrogens with one attached hydrogen (secondary N) is 1. The number of nitrogens with zero attached hydrogens (tertiary/aromatic N) is 1. The lowest BCUT2D eigenvalue weighted by atomic mass is 9.97. The minimum absolute atomic E-state index is 0.0646. The fourth-order valence-electron chi connectivity index (χ4n) is 4.99. The second-order valence-corrected chi connectivity index (χ2v) is 9.07. The highest BCUT2D eigenvalue weighted by Crippen LogP contribution is 2.31. The molecule has 1 aliphatic carbocycles. The van der Waals surface area contributed by atoms with Crippen molar-refractivity contribution in [2.24, 2.45) is 0 Å². The van der Waals surface area contributed by atoms with Crippen LogP contribution in [0.25, 0.3) is 10.9 Å². The van der Waals surface area contributed by atoms with Gasteiger partial charge in [0.1, 0.15) is 11.3 Å². The number of pyridine rings is 1. The van der Waals surface area contributed by atoms with E-state index in [2.05, 4.69) is 31.3 Å². The molecule has 2 aromatic carbocycles. The summed E-state index contributed by atoms with van der Waals surface area (Å²) < 4.78 is 0.802. The van der Waals surface area contributed by atoms with Crippen LogP contribution >= 0.6 is 0 Å². The van der Waals surface area contributed by atoms with Gasteiger partial charge in [-0.25, -0.2) is 4.79 Å². The van der Waals surface area contributed by atoms with E-state index in [0.717, 1.165) is 30.4 Å². The molecule has 0 amide bonds. The molecule has 0 bridgehead atoms. The highest BCUT2D eigenvalue weighted by Gasteiger charge is 2.24. The molecular weight excluding hydrogens is 432 g/mol. The zero-order chi connectivity index (χ0) is 24.6. The second-order valence-electron chi connectivity index (χ2n) is 9.07. The zero-order valence-corrected chi connectivity index (χ0v) is 20.1. The molecule has 0 saturated heterocycles. The summed E-state index contributed by atoms with van der Waals surface area (Å²) in [7, 11) is 0. The van der Waals surface area contributed by atoms with E-state index >= 15 is 0 Å². The van der Waals surface area contributed by atoms with Crippen molar-refractivity contribution in [3.8, 4) is 5.75 Å². The number of rotatable bonds is 7. The molecule has 1 heterocycles. The molecule has 0 fully saturated rings. The van der Waals surface area contributed by atoms with E-state index in [0.29, 0.717) is 23.1 Å². The van der Waals surface area contributed by atoms with Gasteiger partial charge in [-0.3, -0.25) is 4.79 Å². The van der Waals surface area contributed by atoms with Gasteiger partial charge in [0, 0.05) is 30.5 Å². The Labute approximate surface area is 199 Å². The van der Waals surface area contributed by atoms with Gasteiger partial charge in [0.2, 0.25) is 0 Å². The number of carbonyl (C=O) groups is 1. The molecule has 1 aromatic heterocycles. The number of phenolic OH excluding ortho intramolecular Hbond substituents is 1. The quantitative estimate of drug-likeness (QED) is 0.497.